The van der Waals surface area contributed by atoms with Gasteiger partial charge in [0.2, 0.25) is 0 Å². The smallest absolute Gasteiger partial charge is 0.129 e. The van der Waals surface area contributed by atoms with E-state index in [9.17, 15) is 14.3 Å². The largest absolute Gasteiger partial charge is 0.550 e. The molecular formula is C12H14FO2-. The summed E-state index contributed by atoms with van der Waals surface area (Å²) in [5.74, 6) is -1.33. The number of halogens is 1. The highest BCUT2D eigenvalue weighted by Gasteiger charge is 2.10. The van der Waals surface area contributed by atoms with Crippen LogP contribution < -0.4 is 5.11 Å². The molecule has 2 nitrogen and oxygen atoms in total. The SMILES string of the molecule is CC(C)c1cccc(CCC(=O)[O-])c1F. The Morgan fingerprint density at radius 3 is 2.67 bits per heavy atom. The van der Waals surface area contributed by atoms with Crippen molar-refractivity contribution in [2.75, 3.05) is 0 Å². The first-order chi connectivity index (χ1) is 7.02. The van der Waals surface area contributed by atoms with Crippen LogP contribution in [0, 0.1) is 5.82 Å². The third-order valence-corrected chi connectivity index (χ3v) is 2.33. The molecule has 82 valence electrons. The highest BCUT2D eigenvalue weighted by Crippen LogP contribution is 2.21. The van der Waals surface area contributed by atoms with Crippen molar-refractivity contribution >= 4 is 5.97 Å². The molecule has 0 aliphatic rings. The molecule has 3 heteroatoms. The van der Waals surface area contributed by atoms with Crippen LogP contribution in [0.2, 0.25) is 0 Å². The summed E-state index contributed by atoms with van der Waals surface area (Å²) >= 11 is 0. The highest BCUT2D eigenvalue weighted by atomic mass is 19.1. The summed E-state index contributed by atoms with van der Waals surface area (Å²) in [5.41, 5.74) is 1.08. The van der Waals surface area contributed by atoms with Crippen LogP contribution in [-0.4, -0.2) is 5.97 Å². The lowest BCUT2D eigenvalue weighted by molar-refractivity contribution is -0.305. The van der Waals surface area contributed by atoms with Gasteiger partial charge in [-0.05, 0) is 29.9 Å². The number of carboxylic acid groups (broad SMARTS) is 1. The van der Waals surface area contributed by atoms with Gasteiger partial charge in [0.1, 0.15) is 5.82 Å². The van der Waals surface area contributed by atoms with E-state index in [-0.39, 0.29) is 24.6 Å². The Kier molecular flexibility index (Phi) is 3.83. The second-order valence-corrected chi connectivity index (χ2v) is 3.85. The maximum absolute atomic E-state index is 13.8. The Morgan fingerprint density at radius 1 is 1.47 bits per heavy atom. The van der Waals surface area contributed by atoms with E-state index in [1.807, 2.05) is 13.8 Å². The molecule has 0 bridgehead atoms. The molecule has 1 aromatic carbocycles. The molecule has 15 heavy (non-hydrogen) atoms. The van der Waals surface area contributed by atoms with Crippen molar-refractivity contribution in [1.82, 2.24) is 0 Å². The standard InChI is InChI=1S/C12H15FO2/c1-8(2)10-5-3-4-9(12(10)13)6-7-11(14)15/h3-5,8H,6-7H2,1-2H3,(H,14,15)/p-1. The molecule has 0 unspecified atom stereocenters. The molecule has 0 aliphatic carbocycles. The van der Waals surface area contributed by atoms with Crippen LogP contribution in [0.15, 0.2) is 18.2 Å². The molecule has 0 spiro atoms. The van der Waals surface area contributed by atoms with Gasteiger partial charge in [0.05, 0.1) is 0 Å². The van der Waals surface area contributed by atoms with Crippen LogP contribution in [0.1, 0.15) is 37.3 Å². The predicted molar refractivity (Wildman–Crippen MR) is 53.8 cm³/mol. The number of benzene rings is 1. The van der Waals surface area contributed by atoms with Gasteiger partial charge in [-0.3, -0.25) is 0 Å². The average Bonchev–Trinajstić information content (AvgIpc) is 2.15. The third kappa shape index (κ3) is 3.05. The van der Waals surface area contributed by atoms with Crippen molar-refractivity contribution in [2.24, 2.45) is 0 Å². The Balaban J connectivity index is 2.89. The fourth-order valence-corrected chi connectivity index (χ4v) is 1.48. The van der Waals surface area contributed by atoms with Crippen LogP contribution in [-0.2, 0) is 11.2 Å². The van der Waals surface area contributed by atoms with Crippen molar-refractivity contribution in [3.05, 3.63) is 35.1 Å². The number of carbonyl (C=O) groups is 1. The molecule has 0 radical (unpaired) electrons. The van der Waals surface area contributed by atoms with E-state index in [0.29, 0.717) is 11.1 Å². The number of hydrogen-bond donors (Lipinski definition) is 0. The third-order valence-electron chi connectivity index (χ3n) is 2.33. The second kappa shape index (κ2) is 4.91. The topological polar surface area (TPSA) is 40.1 Å². The highest BCUT2D eigenvalue weighted by molar-refractivity contribution is 5.64. The summed E-state index contributed by atoms with van der Waals surface area (Å²) in [6.07, 6.45) is 0.0488. The van der Waals surface area contributed by atoms with Gasteiger partial charge in [-0.2, -0.15) is 0 Å². The summed E-state index contributed by atoms with van der Waals surface area (Å²) in [4.78, 5) is 10.3. The summed E-state index contributed by atoms with van der Waals surface area (Å²) in [7, 11) is 0. The summed E-state index contributed by atoms with van der Waals surface area (Å²) in [6, 6.07) is 5.09. The zero-order chi connectivity index (χ0) is 11.4. The quantitative estimate of drug-likeness (QED) is 0.756. The van der Waals surface area contributed by atoms with Gasteiger partial charge in [0.25, 0.3) is 0 Å². The predicted octanol–water partition coefficient (Wildman–Crippen LogP) is 1.63. The first kappa shape index (κ1) is 11.7. The van der Waals surface area contributed by atoms with Crippen molar-refractivity contribution in [2.45, 2.75) is 32.6 Å². The van der Waals surface area contributed by atoms with E-state index in [4.69, 9.17) is 0 Å². The molecule has 0 atom stereocenters. The first-order valence-electron chi connectivity index (χ1n) is 4.99. The minimum atomic E-state index is -1.15. The Labute approximate surface area is 88.7 Å². The Morgan fingerprint density at radius 2 is 2.13 bits per heavy atom. The van der Waals surface area contributed by atoms with E-state index in [2.05, 4.69) is 0 Å². The average molecular weight is 209 g/mol. The number of aliphatic carboxylic acids is 1. The van der Waals surface area contributed by atoms with Crippen molar-refractivity contribution in [1.29, 1.82) is 0 Å². The first-order valence-corrected chi connectivity index (χ1v) is 4.99. The fraction of sp³-hybridized carbons (Fsp3) is 0.417. The lowest BCUT2D eigenvalue weighted by Crippen LogP contribution is -2.22. The monoisotopic (exact) mass is 209 g/mol. The molecule has 0 saturated heterocycles. The summed E-state index contributed by atoms with van der Waals surface area (Å²) in [5, 5.41) is 10.3. The van der Waals surface area contributed by atoms with Crippen LogP contribution >= 0.6 is 0 Å². The molecule has 0 aliphatic heterocycles. The molecule has 1 aromatic rings. The fourth-order valence-electron chi connectivity index (χ4n) is 1.48. The number of aryl methyl sites for hydroxylation is 1. The maximum Gasteiger partial charge on any atom is 0.129 e. The summed E-state index contributed by atoms with van der Waals surface area (Å²) < 4.78 is 13.8. The van der Waals surface area contributed by atoms with E-state index >= 15 is 0 Å². The number of hydrogen-bond acceptors (Lipinski definition) is 2. The van der Waals surface area contributed by atoms with Crippen molar-refractivity contribution in [3.8, 4) is 0 Å². The van der Waals surface area contributed by atoms with Gasteiger partial charge in [-0.1, -0.05) is 32.0 Å². The lowest BCUT2D eigenvalue weighted by Gasteiger charge is -2.11. The van der Waals surface area contributed by atoms with E-state index < -0.39 is 5.97 Å². The van der Waals surface area contributed by atoms with Crippen LogP contribution in [0.25, 0.3) is 0 Å². The second-order valence-electron chi connectivity index (χ2n) is 3.85. The normalized spacial score (nSPS) is 10.7. The van der Waals surface area contributed by atoms with Crippen LogP contribution in [0.4, 0.5) is 4.39 Å². The molecule has 0 heterocycles. The number of carboxylic acids is 1. The van der Waals surface area contributed by atoms with Gasteiger partial charge in [-0.15, -0.1) is 0 Å². The van der Waals surface area contributed by atoms with E-state index in [0.717, 1.165) is 0 Å². The van der Waals surface area contributed by atoms with Crippen molar-refractivity contribution < 1.29 is 14.3 Å². The molecule has 0 N–H and O–H groups in total. The minimum absolute atomic E-state index is 0.105. The summed E-state index contributed by atoms with van der Waals surface area (Å²) in [6.45, 7) is 3.81. The number of carbonyl (C=O) groups excluding carboxylic acids is 1. The van der Waals surface area contributed by atoms with E-state index in [1.54, 1.807) is 18.2 Å². The molecule has 1 rings (SSSR count). The molecule has 0 fully saturated rings. The van der Waals surface area contributed by atoms with Gasteiger partial charge in [-0.25, -0.2) is 4.39 Å². The van der Waals surface area contributed by atoms with Gasteiger partial charge in [0, 0.05) is 5.97 Å². The number of rotatable bonds is 4. The minimum Gasteiger partial charge on any atom is -0.550 e. The zero-order valence-electron chi connectivity index (χ0n) is 8.92. The lowest BCUT2D eigenvalue weighted by atomic mass is 9.98. The van der Waals surface area contributed by atoms with E-state index in [1.165, 1.54) is 0 Å². The Bertz CT molecular complexity index is 359. The van der Waals surface area contributed by atoms with Crippen molar-refractivity contribution in [3.63, 3.8) is 0 Å². The molecular weight excluding hydrogens is 195 g/mol. The van der Waals surface area contributed by atoms with Gasteiger partial charge < -0.3 is 9.90 Å². The zero-order valence-corrected chi connectivity index (χ0v) is 8.92. The van der Waals surface area contributed by atoms with Crippen LogP contribution in [0.5, 0.6) is 0 Å². The van der Waals surface area contributed by atoms with Gasteiger partial charge >= 0.3 is 0 Å². The van der Waals surface area contributed by atoms with Crippen LogP contribution in [0.3, 0.4) is 0 Å². The van der Waals surface area contributed by atoms with Gasteiger partial charge in [0.15, 0.2) is 0 Å². The Hall–Kier alpha value is -1.38. The molecule has 0 amide bonds. The molecule has 0 aromatic heterocycles. The molecule has 0 saturated carbocycles. The maximum atomic E-state index is 13.8.